The Morgan fingerprint density at radius 3 is 2.42 bits per heavy atom. The fourth-order valence-electron chi connectivity index (χ4n) is 1.69. The van der Waals surface area contributed by atoms with Gasteiger partial charge >= 0.3 is 0 Å². The second-order valence-electron chi connectivity index (χ2n) is 4.24. The highest BCUT2D eigenvalue weighted by Crippen LogP contribution is 2.11. The number of hydrogen-bond acceptors (Lipinski definition) is 1. The second-order valence-corrected chi connectivity index (χ2v) is 4.63. The summed E-state index contributed by atoms with van der Waals surface area (Å²) < 4.78 is 13.5. The van der Waals surface area contributed by atoms with Crippen LogP contribution in [0.25, 0.3) is 0 Å². The van der Waals surface area contributed by atoms with Gasteiger partial charge in [0.1, 0.15) is 5.82 Å². The lowest BCUT2D eigenvalue weighted by Crippen LogP contribution is -2.30. The summed E-state index contributed by atoms with van der Waals surface area (Å²) in [6, 6.07) is 16.4. The zero-order valence-electron chi connectivity index (χ0n) is 10.6. The van der Waals surface area contributed by atoms with E-state index in [1.807, 2.05) is 43.4 Å². The van der Waals surface area contributed by atoms with Crippen molar-refractivity contribution in [3.63, 3.8) is 0 Å². The zero-order valence-corrected chi connectivity index (χ0v) is 11.5. The number of halogens is 1. The number of hydrogen-bond donors (Lipinski definition) is 1. The lowest BCUT2D eigenvalue weighted by atomic mass is 10.2. The Bertz CT molecular complexity index is 557. The average molecular weight is 274 g/mol. The molecule has 0 bridgehead atoms. The number of para-hydroxylation sites is 1. The van der Waals surface area contributed by atoms with Gasteiger partial charge in [0.15, 0.2) is 5.11 Å². The molecule has 0 radical (unpaired) electrons. The lowest BCUT2D eigenvalue weighted by Gasteiger charge is -2.21. The van der Waals surface area contributed by atoms with Crippen molar-refractivity contribution in [1.82, 2.24) is 4.90 Å². The predicted molar refractivity (Wildman–Crippen MR) is 80.5 cm³/mol. The minimum atomic E-state index is -0.211. The molecule has 0 spiro atoms. The maximum atomic E-state index is 13.5. The van der Waals surface area contributed by atoms with Crippen LogP contribution in [-0.4, -0.2) is 17.1 Å². The average Bonchev–Trinajstić information content (AvgIpc) is 2.42. The van der Waals surface area contributed by atoms with Gasteiger partial charge < -0.3 is 10.2 Å². The van der Waals surface area contributed by atoms with Crippen molar-refractivity contribution in [1.29, 1.82) is 0 Å². The summed E-state index contributed by atoms with van der Waals surface area (Å²) in [5.74, 6) is -0.211. The molecule has 0 aliphatic heterocycles. The highest BCUT2D eigenvalue weighted by Gasteiger charge is 2.08. The van der Waals surface area contributed by atoms with Gasteiger partial charge in [-0.15, -0.1) is 0 Å². The van der Waals surface area contributed by atoms with Gasteiger partial charge in [-0.2, -0.15) is 0 Å². The number of rotatable bonds is 3. The molecule has 98 valence electrons. The molecular weight excluding hydrogens is 259 g/mol. The minimum absolute atomic E-state index is 0.211. The molecule has 0 amide bonds. The van der Waals surface area contributed by atoms with Crippen LogP contribution in [0.5, 0.6) is 0 Å². The Morgan fingerprint density at radius 1 is 1.11 bits per heavy atom. The van der Waals surface area contributed by atoms with E-state index in [1.54, 1.807) is 17.0 Å². The molecule has 0 saturated heterocycles. The zero-order chi connectivity index (χ0) is 13.7. The molecule has 2 rings (SSSR count). The van der Waals surface area contributed by atoms with Gasteiger partial charge in [0, 0.05) is 24.8 Å². The molecule has 0 unspecified atom stereocenters. The van der Waals surface area contributed by atoms with Crippen LogP contribution in [0, 0.1) is 5.82 Å². The second kappa shape index (κ2) is 6.29. The van der Waals surface area contributed by atoms with Crippen LogP contribution in [0.15, 0.2) is 54.6 Å². The Morgan fingerprint density at radius 2 is 1.74 bits per heavy atom. The molecule has 0 fully saturated rings. The molecule has 0 atom stereocenters. The van der Waals surface area contributed by atoms with Crippen LogP contribution in [0.3, 0.4) is 0 Å². The summed E-state index contributed by atoms with van der Waals surface area (Å²) in [7, 11) is 1.84. The maximum Gasteiger partial charge on any atom is 0.173 e. The van der Waals surface area contributed by atoms with E-state index in [-0.39, 0.29) is 5.82 Å². The third kappa shape index (κ3) is 3.76. The number of nitrogens with zero attached hydrogens (tertiary/aromatic N) is 1. The largest absolute Gasteiger partial charge is 0.348 e. The summed E-state index contributed by atoms with van der Waals surface area (Å²) >= 11 is 5.29. The molecule has 2 nitrogen and oxygen atoms in total. The minimum Gasteiger partial charge on any atom is -0.348 e. The standard InChI is InChI=1S/C15H15FN2S/c1-18(11-12-7-5-6-10-14(12)16)15(19)17-13-8-3-2-4-9-13/h2-10H,11H2,1H3,(H,17,19). The quantitative estimate of drug-likeness (QED) is 0.860. The van der Waals surface area contributed by atoms with E-state index in [2.05, 4.69) is 5.32 Å². The Balaban J connectivity index is 1.98. The maximum absolute atomic E-state index is 13.5. The Kier molecular flexibility index (Phi) is 4.47. The van der Waals surface area contributed by atoms with Gasteiger partial charge in [-0.05, 0) is 30.4 Å². The molecule has 2 aromatic carbocycles. The van der Waals surface area contributed by atoms with Crippen LogP contribution in [0.2, 0.25) is 0 Å². The van der Waals surface area contributed by atoms with Gasteiger partial charge in [-0.1, -0.05) is 36.4 Å². The topological polar surface area (TPSA) is 15.3 Å². The fourth-order valence-corrected chi connectivity index (χ4v) is 1.88. The highest BCUT2D eigenvalue weighted by molar-refractivity contribution is 7.80. The van der Waals surface area contributed by atoms with E-state index < -0.39 is 0 Å². The fraction of sp³-hybridized carbons (Fsp3) is 0.133. The van der Waals surface area contributed by atoms with Crippen molar-refractivity contribution in [2.45, 2.75) is 6.54 Å². The van der Waals surface area contributed by atoms with Gasteiger partial charge in [0.05, 0.1) is 0 Å². The smallest absolute Gasteiger partial charge is 0.173 e. The van der Waals surface area contributed by atoms with E-state index in [0.29, 0.717) is 17.2 Å². The summed E-state index contributed by atoms with van der Waals surface area (Å²) in [5, 5.41) is 3.68. The normalized spacial score (nSPS) is 10.0. The predicted octanol–water partition coefficient (Wildman–Crippen LogP) is 3.65. The lowest BCUT2D eigenvalue weighted by molar-refractivity contribution is 0.486. The number of benzene rings is 2. The van der Waals surface area contributed by atoms with Gasteiger partial charge in [0.2, 0.25) is 0 Å². The molecule has 1 N–H and O–H groups in total. The summed E-state index contributed by atoms with van der Waals surface area (Å²) in [6.07, 6.45) is 0. The van der Waals surface area contributed by atoms with Crippen LogP contribution in [-0.2, 0) is 6.54 Å². The van der Waals surface area contributed by atoms with Crippen LogP contribution in [0.1, 0.15) is 5.56 Å². The molecule has 19 heavy (non-hydrogen) atoms. The van der Waals surface area contributed by atoms with E-state index >= 15 is 0 Å². The number of anilines is 1. The van der Waals surface area contributed by atoms with E-state index in [9.17, 15) is 4.39 Å². The van der Waals surface area contributed by atoms with Crippen molar-refractivity contribution in [2.24, 2.45) is 0 Å². The SMILES string of the molecule is CN(Cc1ccccc1F)C(=S)Nc1ccccc1. The van der Waals surface area contributed by atoms with Crippen LogP contribution >= 0.6 is 12.2 Å². The van der Waals surface area contributed by atoms with Crippen molar-refractivity contribution in [2.75, 3.05) is 12.4 Å². The molecule has 4 heteroatoms. The number of thiocarbonyl (C=S) groups is 1. The van der Waals surface area contributed by atoms with Crippen molar-refractivity contribution < 1.29 is 4.39 Å². The summed E-state index contributed by atoms with van der Waals surface area (Å²) in [6.45, 7) is 0.436. The molecule has 0 aliphatic carbocycles. The van der Waals surface area contributed by atoms with E-state index in [4.69, 9.17) is 12.2 Å². The first kappa shape index (κ1) is 13.5. The highest BCUT2D eigenvalue weighted by atomic mass is 32.1. The van der Waals surface area contributed by atoms with Crippen molar-refractivity contribution in [3.8, 4) is 0 Å². The molecule has 2 aromatic rings. The Hall–Kier alpha value is -1.94. The van der Waals surface area contributed by atoms with E-state index in [1.165, 1.54) is 6.07 Å². The van der Waals surface area contributed by atoms with Crippen molar-refractivity contribution in [3.05, 3.63) is 66.0 Å². The van der Waals surface area contributed by atoms with Crippen LogP contribution < -0.4 is 5.32 Å². The molecule has 0 heterocycles. The first-order chi connectivity index (χ1) is 9.16. The van der Waals surface area contributed by atoms with Crippen molar-refractivity contribution >= 4 is 23.0 Å². The molecule has 0 aliphatic rings. The molecule has 0 saturated carbocycles. The summed E-state index contributed by atoms with van der Waals surface area (Å²) in [4.78, 5) is 1.81. The monoisotopic (exact) mass is 274 g/mol. The molecular formula is C15H15FN2S. The third-order valence-electron chi connectivity index (χ3n) is 2.74. The van der Waals surface area contributed by atoms with E-state index in [0.717, 1.165) is 5.69 Å². The van der Waals surface area contributed by atoms with Gasteiger partial charge in [-0.25, -0.2) is 4.39 Å². The third-order valence-corrected chi connectivity index (χ3v) is 3.15. The van der Waals surface area contributed by atoms with Gasteiger partial charge in [0.25, 0.3) is 0 Å². The first-order valence-electron chi connectivity index (χ1n) is 5.97. The molecule has 0 aromatic heterocycles. The van der Waals surface area contributed by atoms with Gasteiger partial charge in [-0.3, -0.25) is 0 Å². The summed E-state index contributed by atoms with van der Waals surface area (Å²) in [5.41, 5.74) is 1.55. The number of nitrogens with one attached hydrogen (secondary N) is 1. The first-order valence-corrected chi connectivity index (χ1v) is 6.38. The van der Waals surface area contributed by atoms with Crippen LogP contribution in [0.4, 0.5) is 10.1 Å². The Labute approximate surface area is 117 Å².